The smallest absolute Gasteiger partial charge is 0.289 e. The summed E-state index contributed by atoms with van der Waals surface area (Å²) in [4.78, 5) is 1.47. The normalized spacial score (nSPS) is 18.1. The molecule has 8 heteroatoms. The Morgan fingerprint density at radius 2 is 1.81 bits per heavy atom. The molecule has 1 aliphatic heterocycles. The number of halogens is 5. The molecule has 0 aromatic heterocycles. The topological polar surface area (TPSA) is 35.5 Å². The maximum Gasteiger partial charge on any atom is 0.289 e. The molecule has 0 spiro atoms. The van der Waals surface area contributed by atoms with E-state index in [1.54, 1.807) is 0 Å². The average Bonchev–Trinajstić information content (AvgIpc) is 2.44. The molecule has 2 rings (SSSR count). The Labute approximate surface area is 126 Å². The van der Waals surface area contributed by atoms with Crippen LogP contribution in [0.25, 0.3) is 0 Å². The molecule has 21 heavy (non-hydrogen) atoms. The first-order valence-corrected chi connectivity index (χ1v) is 6.34. The number of piperazine rings is 1. The van der Waals surface area contributed by atoms with Crippen LogP contribution in [0.5, 0.6) is 0 Å². The molecule has 0 unspecified atom stereocenters. The van der Waals surface area contributed by atoms with E-state index in [0.29, 0.717) is 26.2 Å². The highest BCUT2D eigenvalue weighted by molar-refractivity contribution is 5.85. The van der Waals surface area contributed by atoms with Crippen LogP contribution >= 0.6 is 12.4 Å². The van der Waals surface area contributed by atoms with Crippen molar-refractivity contribution in [1.82, 2.24) is 10.2 Å². The van der Waals surface area contributed by atoms with Crippen molar-refractivity contribution in [3.8, 4) is 0 Å². The first-order valence-electron chi connectivity index (χ1n) is 6.34. The van der Waals surface area contributed by atoms with E-state index in [4.69, 9.17) is 5.11 Å². The van der Waals surface area contributed by atoms with E-state index in [-0.39, 0.29) is 18.0 Å². The third-order valence-corrected chi connectivity index (χ3v) is 3.39. The van der Waals surface area contributed by atoms with Crippen molar-refractivity contribution in [3.63, 3.8) is 0 Å². The summed E-state index contributed by atoms with van der Waals surface area (Å²) < 4.78 is 54.2. The number of alkyl halides is 2. The van der Waals surface area contributed by atoms with Gasteiger partial charge in [0.1, 0.15) is 12.6 Å². The molecule has 1 aromatic carbocycles. The number of benzene rings is 1. The first-order chi connectivity index (χ1) is 9.45. The molecule has 3 nitrogen and oxygen atoms in total. The molecule has 0 amide bonds. The molecule has 1 aliphatic rings. The number of hydrogen-bond donors (Lipinski definition) is 2. The molecular weight excluding hydrogens is 312 g/mol. The van der Waals surface area contributed by atoms with E-state index < -0.39 is 30.2 Å². The summed E-state index contributed by atoms with van der Waals surface area (Å²) in [5.74, 6) is -5.68. The third-order valence-electron chi connectivity index (χ3n) is 3.39. The lowest BCUT2D eigenvalue weighted by molar-refractivity contribution is -0.118. The summed E-state index contributed by atoms with van der Waals surface area (Å²) in [6.07, 6.45) is 0. The van der Waals surface area contributed by atoms with Gasteiger partial charge in [-0.2, -0.15) is 0 Å². The van der Waals surface area contributed by atoms with Crippen LogP contribution in [0.3, 0.4) is 0 Å². The monoisotopic (exact) mass is 328 g/mol. The zero-order valence-corrected chi connectivity index (χ0v) is 12.0. The highest BCUT2D eigenvalue weighted by Crippen LogP contribution is 2.36. The summed E-state index contributed by atoms with van der Waals surface area (Å²) in [5, 5.41) is 11.9. The standard InChI is InChI=1S/C13H16F4N2O.ClH/c14-10-2-1-9(7-11(10)15)12(13(16,17)8-20)19-5-3-18-4-6-19;/h1-2,7,12,18,20H,3-6,8H2;1H/t12-;/m1./s1. The third kappa shape index (κ3) is 4.06. The van der Waals surface area contributed by atoms with E-state index in [0.717, 1.165) is 18.2 Å². The zero-order chi connectivity index (χ0) is 14.8. The number of hydrogen-bond acceptors (Lipinski definition) is 3. The fourth-order valence-corrected chi connectivity index (χ4v) is 2.43. The predicted octanol–water partition coefficient (Wildman–Crippen LogP) is 1.96. The lowest BCUT2D eigenvalue weighted by atomic mass is 9.98. The van der Waals surface area contributed by atoms with Gasteiger partial charge in [0.05, 0.1) is 0 Å². The Morgan fingerprint density at radius 3 is 2.33 bits per heavy atom. The maximum absolute atomic E-state index is 14.0. The van der Waals surface area contributed by atoms with Crippen molar-refractivity contribution in [2.24, 2.45) is 0 Å². The molecule has 0 saturated carbocycles. The van der Waals surface area contributed by atoms with Crippen molar-refractivity contribution >= 4 is 12.4 Å². The van der Waals surface area contributed by atoms with Crippen LogP contribution in [0.2, 0.25) is 0 Å². The maximum atomic E-state index is 14.0. The quantitative estimate of drug-likeness (QED) is 0.830. The van der Waals surface area contributed by atoms with Crippen LogP contribution in [0.1, 0.15) is 11.6 Å². The van der Waals surface area contributed by atoms with Gasteiger partial charge in [0.15, 0.2) is 11.6 Å². The van der Waals surface area contributed by atoms with Crippen LogP contribution in [0, 0.1) is 11.6 Å². The van der Waals surface area contributed by atoms with E-state index in [2.05, 4.69) is 5.32 Å². The van der Waals surface area contributed by atoms with E-state index in [9.17, 15) is 17.6 Å². The van der Waals surface area contributed by atoms with E-state index >= 15 is 0 Å². The molecular formula is C13H17ClF4N2O. The molecule has 0 aliphatic carbocycles. The Bertz CT molecular complexity index is 469. The number of rotatable bonds is 4. The molecule has 120 valence electrons. The highest BCUT2D eigenvalue weighted by Gasteiger charge is 2.44. The van der Waals surface area contributed by atoms with Gasteiger partial charge in [-0.15, -0.1) is 12.4 Å². The summed E-state index contributed by atoms with van der Waals surface area (Å²) in [6, 6.07) is 1.26. The van der Waals surface area contributed by atoms with Gasteiger partial charge in [-0.3, -0.25) is 4.90 Å². The summed E-state index contributed by atoms with van der Waals surface area (Å²) >= 11 is 0. The van der Waals surface area contributed by atoms with Crippen molar-refractivity contribution < 1.29 is 22.7 Å². The second-order valence-electron chi connectivity index (χ2n) is 4.78. The second kappa shape index (κ2) is 7.40. The molecule has 1 saturated heterocycles. The minimum Gasteiger partial charge on any atom is -0.390 e. The first kappa shape index (κ1) is 18.2. The number of aliphatic hydroxyl groups excluding tert-OH is 1. The molecule has 1 fully saturated rings. The molecule has 0 bridgehead atoms. The molecule has 1 atom stereocenters. The summed E-state index contributed by atoms with van der Waals surface area (Å²) in [5.41, 5.74) is -0.0372. The van der Waals surface area contributed by atoms with Crippen molar-refractivity contribution in [2.75, 3.05) is 32.8 Å². The highest BCUT2D eigenvalue weighted by atomic mass is 35.5. The van der Waals surface area contributed by atoms with Gasteiger partial charge in [-0.1, -0.05) is 6.07 Å². The van der Waals surface area contributed by atoms with Gasteiger partial charge < -0.3 is 10.4 Å². The lowest BCUT2D eigenvalue weighted by Gasteiger charge is -2.38. The number of nitrogens with zero attached hydrogens (tertiary/aromatic N) is 1. The lowest BCUT2D eigenvalue weighted by Crippen LogP contribution is -2.51. The fourth-order valence-electron chi connectivity index (χ4n) is 2.43. The van der Waals surface area contributed by atoms with Gasteiger partial charge in [0.25, 0.3) is 5.92 Å². The van der Waals surface area contributed by atoms with Crippen LogP contribution < -0.4 is 5.32 Å². The zero-order valence-electron chi connectivity index (χ0n) is 11.2. The minimum atomic E-state index is -3.43. The second-order valence-corrected chi connectivity index (χ2v) is 4.78. The fraction of sp³-hybridized carbons (Fsp3) is 0.538. The van der Waals surface area contributed by atoms with Crippen LogP contribution in [0.15, 0.2) is 18.2 Å². The average molecular weight is 329 g/mol. The Balaban J connectivity index is 0.00000220. The summed E-state index contributed by atoms with van der Waals surface area (Å²) in [6.45, 7) is 0.405. The van der Waals surface area contributed by atoms with Gasteiger partial charge >= 0.3 is 0 Å². The minimum absolute atomic E-state index is 0. The van der Waals surface area contributed by atoms with Crippen molar-refractivity contribution in [2.45, 2.75) is 12.0 Å². The predicted molar refractivity (Wildman–Crippen MR) is 72.8 cm³/mol. The largest absolute Gasteiger partial charge is 0.390 e. The summed E-state index contributed by atoms with van der Waals surface area (Å²) in [7, 11) is 0. The van der Waals surface area contributed by atoms with E-state index in [1.807, 2.05) is 0 Å². The van der Waals surface area contributed by atoms with Crippen molar-refractivity contribution in [1.29, 1.82) is 0 Å². The molecule has 0 radical (unpaired) electrons. The van der Waals surface area contributed by atoms with Gasteiger partial charge in [0.2, 0.25) is 0 Å². The van der Waals surface area contributed by atoms with Gasteiger partial charge in [-0.25, -0.2) is 17.6 Å². The molecule has 1 aromatic rings. The van der Waals surface area contributed by atoms with Gasteiger partial charge in [0, 0.05) is 26.2 Å². The number of aliphatic hydroxyl groups is 1. The Morgan fingerprint density at radius 1 is 1.19 bits per heavy atom. The Hall–Kier alpha value is -0.890. The van der Waals surface area contributed by atoms with Crippen LogP contribution in [-0.4, -0.2) is 48.7 Å². The number of nitrogens with one attached hydrogen (secondary N) is 1. The Kier molecular flexibility index (Phi) is 6.40. The molecule has 2 N–H and O–H groups in total. The van der Waals surface area contributed by atoms with Crippen LogP contribution in [0.4, 0.5) is 17.6 Å². The van der Waals surface area contributed by atoms with E-state index in [1.165, 1.54) is 4.90 Å². The SMILES string of the molecule is Cl.OCC(F)(F)[C@@H](c1ccc(F)c(F)c1)N1CCNCC1. The molecule has 1 heterocycles. The van der Waals surface area contributed by atoms with Gasteiger partial charge in [-0.05, 0) is 17.7 Å². The van der Waals surface area contributed by atoms with Crippen LogP contribution in [-0.2, 0) is 0 Å². The van der Waals surface area contributed by atoms with Crippen molar-refractivity contribution in [3.05, 3.63) is 35.4 Å².